The Kier molecular flexibility index (Phi) is 3.46. The summed E-state index contributed by atoms with van der Waals surface area (Å²) >= 11 is 0. The van der Waals surface area contributed by atoms with Crippen molar-refractivity contribution < 1.29 is 19.1 Å². The van der Waals surface area contributed by atoms with Crippen LogP contribution >= 0.6 is 0 Å². The average Bonchev–Trinajstić information content (AvgIpc) is 2.96. The predicted molar refractivity (Wildman–Crippen MR) is 59.0 cm³/mol. The molecule has 1 aromatic rings. The smallest absolute Gasteiger partial charge is 0.306 e. The molecule has 17 heavy (non-hydrogen) atoms. The lowest BCUT2D eigenvalue weighted by Crippen LogP contribution is -2.29. The Morgan fingerprint density at radius 1 is 1.41 bits per heavy atom. The minimum atomic E-state index is -0.800. The van der Waals surface area contributed by atoms with Crippen LogP contribution in [0.15, 0.2) is 22.8 Å². The number of amides is 1. The van der Waals surface area contributed by atoms with Crippen LogP contribution in [0.25, 0.3) is 0 Å². The van der Waals surface area contributed by atoms with Gasteiger partial charge in [-0.1, -0.05) is 0 Å². The lowest BCUT2D eigenvalue weighted by atomic mass is 10.0. The minimum Gasteiger partial charge on any atom is -0.481 e. The van der Waals surface area contributed by atoms with Gasteiger partial charge in [-0.3, -0.25) is 9.59 Å². The van der Waals surface area contributed by atoms with Crippen LogP contribution in [-0.4, -0.2) is 17.0 Å². The van der Waals surface area contributed by atoms with Crippen LogP contribution in [0.4, 0.5) is 0 Å². The van der Waals surface area contributed by atoms with Gasteiger partial charge in [-0.25, -0.2) is 0 Å². The number of hydrogen-bond acceptors (Lipinski definition) is 3. The molecule has 2 atom stereocenters. The Morgan fingerprint density at radius 2 is 2.18 bits per heavy atom. The molecule has 2 rings (SSSR count). The molecule has 5 nitrogen and oxygen atoms in total. The van der Waals surface area contributed by atoms with E-state index in [4.69, 9.17) is 9.52 Å². The molecule has 5 heteroatoms. The standard InChI is InChI=1S/C12H15NO4/c14-11(13-7-10-2-1-5-17-10)8-3-4-9(6-8)12(15)16/h1-2,5,8-9H,3-4,6-7H2,(H,13,14)(H,15,16). The largest absolute Gasteiger partial charge is 0.481 e. The van der Waals surface area contributed by atoms with Gasteiger partial charge in [-0.05, 0) is 31.4 Å². The number of furan rings is 1. The summed E-state index contributed by atoms with van der Waals surface area (Å²) in [7, 11) is 0. The molecule has 1 heterocycles. The number of rotatable bonds is 4. The lowest BCUT2D eigenvalue weighted by molar-refractivity contribution is -0.141. The molecular weight excluding hydrogens is 222 g/mol. The molecule has 2 N–H and O–H groups in total. The Morgan fingerprint density at radius 3 is 2.76 bits per heavy atom. The molecule has 1 aliphatic carbocycles. The van der Waals surface area contributed by atoms with Crippen LogP contribution < -0.4 is 5.32 Å². The summed E-state index contributed by atoms with van der Waals surface area (Å²) in [5.41, 5.74) is 0. The van der Waals surface area contributed by atoms with Gasteiger partial charge in [0.15, 0.2) is 0 Å². The molecule has 1 aromatic heterocycles. The molecule has 0 saturated heterocycles. The van der Waals surface area contributed by atoms with Gasteiger partial charge in [-0.15, -0.1) is 0 Å². The molecule has 1 amide bonds. The van der Waals surface area contributed by atoms with E-state index < -0.39 is 5.97 Å². The van der Waals surface area contributed by atoms with Gasteiger partial charge in [0.05, 0.1) is 18.7 Å². The fraction of sp³-hybridized carbons (Fsp3) is 0.500. The van der Waals surface area contributed by atoms with E-state index in [2.05, 4.69) is 5.32 Å². The second kappa shape index (κ2) is 5.03. The third kappa shape index (κ3) is 2.87. The molecule has 92 valence electrons. The lowest BCUT2D eigenvalue weighted by Gasteiger charge is -2.09. The summed E-state index contributed by atoms with van der Waals surface area (Å²) in [6.45, 7) is 0.361. The SMILES string of the molecule is O=C(O)C1CCC(C(=O)NCc2ccco2)C1. The van der Waals surface area contributed by atoms with Gasteiger partial charge in [0.25, 0.3) is 0 Å². The molecular formula is C12H15NO4. The van der Waals surface area contributed by atoms with Crippen LogP contribution in [-0.2, 0) is 16.1 Å². The summed E-state index contributed by atoms with van der Waals surface area (Å²) in [5.74, 6) is -0.719. The number of nitrogens with one attached hydrogen (secondary N) is 1. The van der Waals surface area contributed by atoms with Crippen molar-refractivity contribution in [3.8, 4) is 0 Å². The Bertz CT molecular complexity index is 399. The number of carbonyl (C=O) groups excluding carboxylic acids is 1. The van der Waals surface area contributed by atoms with Crippen molar-refractivity contribution in [2.45, 2.75) is 25.8 Å². The van der Waals surface area contributed by atoms with Gasteiger partial charge in [-0.2, -0.15) is 0 Å². The first kappa shape index (κ1) is 11.7. The van der Waals surface area contributed by atoms with E-state index in [1.807, 2.05) is 0 Å². The predicted octanol–water partition coefficient (Wildman–Crippen LogP) is 1.40. The van der Waals surface area contributed by atoms with Crippen LogP contribution in [0, 0.1) is 11.8 Å². The van der Waals surface area contributed by atoms with E-state index in [1.54, 1.807) is 18.4 Å². The molecule has 2 unspecified atom stereocenters. The van der Waals surface area contributed by atoms with Gasteiger partial charge >= 0.3 is 5.97 Å². The molecule has 0 aliphatic heterocycles. The second-order valence-electron chi connectivity index (χ2n) is 4.34. The van der Waals surface area contributed by atoms with Crippen LogP contribution in [0.2, 0.25) is 0 Å². The maximum atomic E-state index is 11.8. The quantitative estimate of drug-likeness (QED) is 0.829. The normalized spacial score (nSPS) is 23.5. The summed E-state index contributed by atoms with van der Waals surface area (Å²) in [5, 5.41) is 11.6. The summed E-state index contributed by atoms with van der Waals surface area (Å²) in [6.07, 6.45) is 3.24. The molecule has 0 spiro atoms. The first-order chi connectivity index (χ1) is 8.16. The van der Waals surface area contributed by atoms with E-state index >= 15 is 0 Å². The molecule has 0 aromatic carbocycles. The zero-order valence-corrected chi connectivity index (χ0v) is 9.39. The number of carboxylic acids is 1. The van der Waals surface area contributed by atoms with Crippen LogP contribution in [0.1, 0.15) is 25.0 Å². The fourth-order valence-corrected chi connectivity index (χ4v) is 2.18. The monoisotopic (exact) mass is 237 g/mol. The highest BCUT2D eigenvalue weighted by Gasteiger charge is 2.33. The summed E-state index contributed by atoms with van der Waals surface area (Å²) < 4.78 is 5.10. The number of hydrogen-bond donors (Lipinski definition) is 2. The van der Waals surface area contributed by atoms with Crippen molar-refractivity contribution >= 4 is 11.9 Å². The Balaban J connectivity index is 1.79. The number of aliphatic carboxylic acids is 1. The highest BCUT2D eigenvalue weighted by atomic mass is 16.4. The van der Waals surface area contributed by atoms with Crippen molar-refractivity contribution in [3.63, 3.8) is 0 Å². The van der Waals surface area contributed by atoms with Gasteiger partial charge < -0.3 is 14.8 Å². The zero-order valence-electron chi connectivity index (χ0n) is 9.39. The highest BCUT2D eigenvalue weighted by molar-refractivity contribution is 5.80. The van der Waals surface area contributed by atoms with Gasteiger partial charge in [0.2, 0.25) is 5.91 Å². The Labute approximate surface area is 98.8 Å². The van der Waals surface area contributed by atoms with Crippen molar-refractivity contribution in [2.75, 3.05) is 0 Å². The highest BCUT2D eigenvalue weighted by Crippen LogP contribution is 2.31. The first-order valence-corrected chi connectivity index (χ1v) is 5.69. The summed E-state index contributed by atoms with van der Waals surface area (Å²) in [6, 6.07) is 3.55. The Hall–Kier alpha value is -1.78. The molecule has 1 aliphatic rings. The molecule has 0 bridgehead atoms. The summed E-state index contributed by atoms with van der Waals surface area (Å²) in [4.78, 5) is 22.5. The molecule has 1 saturated carbocycles. The maximum absolute atomic E-state index is 11.8. The van der Waals surface area contributed by atoms with E-state index in [1.165, 1.54) is 0 Å². The molecule has 0 radical (unpaired) electrons. The van der Waals surface area contributed by atoms with Crippen molar-refractivity contribution in [2.24, 2.45) is 11.8 Å². The third-order valence-corrected chi connectivity index (χ3v) is 3.17. The number of carbonyl (C=O) groups is 2. The zero-order chi connectivity index (χ0) is 12.3. The molecule has 1 fully saturated rings. The first-order valence-electron chi connectivity index (χ1n) is 5.69. The van der Waals surface area contributed by atoms with Gasteiger partial charge in [0.1, 0.15) is 5.76 Å². The van der Waals surface area contributed by atoms with Gasteiger partial charge in [0, 0.05) is 5.92 Å². The third-order valence-electron chi connectivity index (χ3n) is 3.17. The van der Waals surface area contributed by atoms with E-state index in [0.717, 1.165) is 0 Å². The van der Waals surface area contributed by atoms with E-state index in [9.17, 15) is 9.59 Å². The topological polar surface area (TPSA) is 79.5 Å². The number of carboxylic acid groups (broad SMARTS) is 1. The van der Waals surface area contributed by atoms with E-state index in [-0.39, 0.29) is 17.7 Å². The van der Waals surface area contributed by atoms with Crippen LogP contribution in [0.5, 0.6) is 0 Å². The van der Waals surface area contributed by atoms with Crippen molar-refractivity contribution in [1.82, 2.24) is 5.32 Å². The van der Waals surface area contributed by atoms with Crippen LogP contribution in [0.3, 0.4) is 0 Å². The van der Waals surface area contributed by atoms with E-state index in [0.29, 0.717) is 31.6 Å². The minimum absolute atomic E-state index is 0.0786. The maximum Gasteiger partial charge on any atom is 0.306 e. The van der Waals surface area contributed by atoms with Crippen molar-refractivity contribution in [1.29, 1.82) is 0 Å². The average molecular weight is 237 g/mol. The fourth-order valence-electron chi connectivity index (χ4n) is 2.18. The second-order valence-corrected chi connectivity index (χ2v) is 4.34. The van der Waals surface area contributed by atoms with Crippen molar-refractivity contribution in [3.05, 3.63) is 24.2 Å².